The number of carbonyl (C=O) groups is 2. The minimum Gasteiger partial charge on any atom is -0.468 e. The number of amides is 1. The van der Waals surface area contributed by atoms with Gasteiger partial charge in [-0.2, -0.15) is 0 Å². The van der Waals surface area contributed by atoms with Crippen molar-refractivity contribution < 1.29 is 14.3 Å². The smallest absolute Gasteiger partial charge is 0.332 e. The summed E-state index contributed by atoms with van der Waals surface area (Å²) >= 11 is 0. The molecule has 2 heterocycles. The predicted molar refractivity (Wildman–Crippen MR) is 75.2 cm³/mol. The molecule has 0 saturated heterocycles. The van der Waals surface area contributed by atoms with Crippen LogP contribution < -0.4 is 16.6 Å². The summed E-state index contributed by atoms with van der Waals surface area (Å²) in [5.74, 6) is -1.07. The van der Waals surface area contributed by atoms with Crippen LogP contribution in [-0.2, 0) is 35.0 Å². The molecule has 2 rings (SSSR count). The summed E-state index contributed by atoms with van der Waals surface area (Å²) in [4.78, 5) is 50.7. The third-order valence-corrected chi connectivity index (χ3v) is 3.19. The van der Waals surface area contributed by atoms with Crippen molar-refractivity contribution in [1.29, 1.82) is 0 Å². The van der Waals surface area contributed by atoms with E-state index >= 15 is 0 Å². The molecule has 0 aliphatic heterocycles. The molecule has 118 valence electrons. The van der Waals surface area contributed by atoms with E-state index in [-0.39, 0.29) is 24.3 Å². The van der Waals surface area contributed by atoms with E-state index in [4.69, 9.17) is 0 Å². The number of aryl methyl sites for hydroxylation is 1. The minimum atomic E-state index is -0.581. The van der Waals surface area contributed by atoms with Crippen LogP contribution in [0.25, 0.3) is 11.2 Å². The highest BCUT2D eigenvalue weighted by atomic mass is 16.5. The van der Waals surface area contributed by atoms with Gasteiger partial charge in [0.2, 0.25) is 5.91 Å². The maximum Gasteiger partial charge on any atom is 0.332 e. The second kappa shape index (κ2) is 5.84. The van der Waals surface area contributed by atoms with Gasteiger partial charge in [0.1, 0.15) is 13.1 Å². The largest absolute Gasteiger partial charge is 0.468 e. The van der Waals surface area contributed by atoms with Crippen molar-refractivity contribution in [2.45, 2.75) is 6.54 Å². The second-order valence-corrected chi connectivity index (χ2v) is 4.60. The first-order valence-electron chi connectivity index (χ1n) is 6.31. The molecule has 0 spiro atoms. The Morgan fingerprint density at radius 3 is 2.59 bits per heavy atom. The number of nitrogens with one attached hydrogen (secondary N) is 1. The lowest BCUT2D eigenvalue weighted by Crippen LogP contribution is -2.38. The Morgan fingerprint density at radius 2 is 1.95 bits per heavy atom. The molecule has 22 heavy (non-hydrogen) atoms. The predicted octanol–water partition coefficient (Wildman–Crippen LogP) is -2.28. The first kappa shape index (κ1) is 15.5. The van der Waals surface area contributed by atoms with Gasteiger partial charge in [0, 0.05) is 14.1 Å². The molecule has 0 atom stereocenters. The van der Waals surface area contributed by atoms with E-state index in [2.05, 4.69) is 15.0 Å². The lowest BCUT2D eigenvalue weighted by atomic mass is 10.4. The number of fused-ring (bicyclic) bond motifs is 1. The zero-order valence-electron chi connectivity index (χ0n) is 12.3. The summed E-state index contributed by atoms with van der Waals surface area (Å²) in [6.45, 7) is -0.473. The molecule has 1 amide bonds. The Labute approximate surface area is 123 Å². The average molecular weight is 309 g/mol. The number of esters is 1. The highest BCUT2D eigenvalue weighted by Crippen LogP contribution is 2.04. The van der Waals surface area contributed by atoms with E-state index < -0.39 is 23.1 Å². The van der Waals surface area contributed by atoms with Gasteiger partial charge in [-0.05, 0) is 0 Å². The molecule has 1 N–H and O–H groups in total. The molecule has 0 aromatic carbocycles. The van der Waals surface area contributed by atoms with Crippen LogP contribution in [0.15, 0.2) is 15.9 Å². The van der Waals surface area contributed by atoms with E-state index in [0.29, 0.717) is 0 Å². The Kier molecular flexibility index (Phi) is 4.11. The van der Waals surface area contributed by atoms with Crippen molar-refractivity contribution in [1.82, 2.24) is 24.0 Å². The molecule has 0 aliphatic carbocycles. The third kappa shape index (κ3) is 2.62. The van der Waals surface area contributed by atoms with E-state index in [1.807, 2.05) is 0 Å². The Morgan fingerprint density at radius 1 is 1.27 bits per heavy atom. The second-order valence-electron chi connectivity index (χ2n) is 4.60. The summed E-state index contributed by atoms with van der Waals surface area (Å²) < 4.78 is 7.89. The van der Waals surface area contributed by atoms with Crippen molar-refractivity contribution in [2.75, 3.05) is 13.7 Å². The van der Waals surface area contributed by atoms with Crippen LogP contribution in [0.4, 0.5) is 0 Å². The number of imidazole rings is 1. The standard InChI is InChI=1S/C12H15N5O5/c1-15-10-9(11(20)16(2)12(15)21)17(6-14-10)5-7(18)13-4-8(19)22-3/h6H,4-5H2,1-3H3,(H,13,18). The fourth-order valence-corrected chi connectivity index (χ4v) is 1.97. The minimum absolute atomic E-state index is 0.137. The molecule has 0 aliphatic rings. The summed E-state index contributed by atoms with van der Waals surface area (Å²) in [7, 11) is 4.04. The van der Waals surface area contributed by atoms with Gasteiger partial charge in [-0.25, -0.2) is 9.78 Å². The number of methoxy groups -OCH3 is 1. The molecule has 0 fully saturated rings. The topological polar surface area (TPSA) is 117 Å². The Hall–Kier alpha value is -2.91. The fourth-order valence-electron chi connectivity index (χ4n) is 1.97. The van der Waals surface area contributed by atoms with Crippen molar-refractivity contribution in [2.24, 2.45) is 14.1 Å². The van der Waals surface area contributed by atoms with Crippen LogP contribution in [0.5, 0.6) is 0 Å². The molecule has 0 unspecified atom stereocenters. The van der Waals surface area contributed by atoms with Crippen molar-refractivity contribution in [3.05, 3.63) is 27.2 Å². The molecule has 10 heteroatoms. The molecular weight excluding hydrogens is 294 g/mol. The average Bonchev–Trinajstić information content (AvgIpc) is 2.92. The zero-order valence-corrected chi connectivity index (χ0v) is 12.3. The van der Waals surface area contributed by atoms with Gasteiger partial charge in [0.15, 0.2) is 11.2 Å². The lowest BCUT2D eigenvalue weighted by Gasteiger charge is -2.07. The van der Waals surface area contributed by atoms with Gasteiger partial charge in [-0.15, -0.1) is 0 Å². The highest BCUT2D eigenvalue weighted by molar-refractivity contribution is 5.83. The van der Waals surface area contributed by atoms with Crippen molar-refractivity contribution in [3.8, 4) is 0 Å². The summed E-state index contributed by atoms with van der Waals surface area (Å²) in [6.07, 6.45) is 1.29. The number of hydrogen-bond donors (Lipinski definition) is 1. The first-order chi connectivity index (χ1) is 10.4. The van der Waals surface area contributed by atoms with Crippen LogP contribution in [0.2, 0.25) is 0 Å². The fraction of sp³-hybridized carbons (Fsp3) is 0.417. The first-order valence-corrected chi connectivity index (χ1v) is 6.31. The van der Waals surface area contributed by atoms with Gasteiger partial charge in [0.05, 0.1) is 13.4 Å². The number of aromatic nitrogens is 4. The molecule has 0 bridgehead atoms. The normalized spacial score (nSPS) is 10.7. The molecule has 0 radical (unpaired) electrons. The number of hydrogen-bond acceptors (Lipinski definition) is 6. The van der Waals surface area contributed by atoms with Gasteiger partial charge in [0.25, 0.3) is 5.56 Å². The van der Waals surface area contributed by atoms with Gasteiger partial charge in [-0.1, -0.05) is 0 Å². The molecule has 2 aromatic heterocycles. The maximum atomic E-state index is 12.2. The summed E-state index contributed by atoms with van der Waals surface area (Å²) in [5.41, 5.74) is -0.721. The Balaban J connectivity index is 2.34. The number of carbonyl (C=O) groups excluding carboxylic acids is 2. The van der Waals surface area contributed by atoms with E-state index in [9.17, 15) is 19.2 Å². The number of nitrogens with zero attached hydrogens (tertiary/aromatic N) is 4. The van der Waals surface area contributed by atoms with E-state index in [1.165, 1.54) is 36.7 Å². The molecule has 10 nitrogen and oxygen atoms in total. The van der Waals surface area contributed by atoms with Gasteiger partial charge >= 0.3 is 11.7 Å². The van der Waals surface area contributed by atoms with Crippen molar-refractivity contribution >= 4 is 23.0 Å². The van der Waals surface area contributed by atoms with Crippen LogP contribution in [0.3, 0.4) is 0 Å². The summed E-state index contributed by atoms with van der Waals surface area (Å²) in [6, 6.07) is 0. The summed E-state index contributed by atoms with van der Waals surface area (Å²) in [5, 5.41) is 2.36. The molecular formula is C12H15N5O5. The molecule has 2 aromatic rings. The van der Waals surface area contributed by atoms with Crippen LogP contribution in [-0.4, -0.2) is 44.2 Å². The number of rotatable bonds is 4. The SMILES string of the molecule is COC(=O)CNC(=O)Cn1cnc2c1c(=O)n(C)c(=O)n2C. The van der Waals surface area contributed by atoms with E-state index in [1.54, 1.807) is 0 Å². The maximum absolute atomic E-state index is 12.2. The zero-order chi connectivity index (χ0) is 16.4. The van der Waals surface area contributed by atoms with Crippen LogP contribution in [0, 0.1) is 0 Å². The Bertz CT molecular complexity index is 859. The quantitative estimate of drug-likeness (QED) is 0.636. The molecule has 0 saturated carbocycles. The van der Waals surface area contributed by atoms with Gasteiger partial charge < -0.3 is 14.6 Å². The highest BCUT2D eigenvalue weighted by Gasteiger charge is 2.16. The number of ether oxygens (including phenoxy) is 1. The van der Waals surface area contributed by atoms with Crippen LogP contribution in [0.1, 0.15) is 0 Å². The lowest BCUT2D eigenvalue weighted by molar-refractivity contribution is -0.141. The van der Waals surface area contributed by atoms with Crippen molar-refractivity contribution in [3.63, 3.8) is 0 Å². The van der Waals surface area contributed by atoms with E-state index in [0.717, 1.165) is 4.57 Å². The van der Waals surface area contributed by atoms with Gasteiger partial charge in [-0.3, -0.25) is 23.5 Å². The monoisotopic (exact) mass is 309 g/mol. The van der Waals surface area contributed by atoms with Crippen LogP contribution >= 0.6 is 0 Å². The third-order valence-electron chi connectivity index (χ3n) is 3.19.